The Hall–Kier alpha value is -0.180. The summed E-state index contributed by atoms with van der Waals surface area (Å²) in [6.07, 6.45) is 1.10. The molecule has 0 aromatic carbocycles. The lowest BCUT2D eigenvalue weighted by molar-refractivity contribution is -0.123. The Bertz CT molecular complexity index is 219. The molecule has 1 heterocycles. The van der Waals surface area contributed by atoms with Gasteiger partial charge in [-0.3, -0.25) is 4.79 Å². The van der Waals surface area contributed by atoms with E-state index in [9.17, 15) is 4.79 Å². The van der Waals surface area contributed by atoms with Gasteiger partial charge in [0.05, 0.1) is 0 Å². The number of hydrogen-bond donors (Lipinski definition) is 1. The van der Waals surface area contributed by atoms with Crippen LogP contribution in [0.2, 0.25) is 0 Å². The van der Waals surface area contributed by atoms with E-state index in [0.717, 1.165) is 12.2 Å². The van der Waals surface area contributed by atoms with Crippen LogP contribution in [0.1, 0.15) is 20.3 Å². The lowest BCUT2D eigenvalue weighted by Gasteiger charge is -2.16. The summed E-state index contributed by atoms with van der Waals surface area (Å²) in [4.78, 5) is 11.6. The van der Waals surface area contributed by atoms with Crippen molar-refractivity contribution >= 4 is 17.7 Å². The lowest BCUT2D eigenvalue weighted by Crippen LogP contribution is -2.39. The Kier molecular flexibility index (Phi) is 2.54. The third-order valence-electron chi connectivity index (χ3n) is 3.14. The Morgan fingerprint density at radius 2 is 2.00 bits per heavy atom. The largest absolute Gasteiger partial charge is 0.352 e. The number of thioether (sulfide) groups is 1. The van der Waals surface area contributed by atoms with Crippen LogP contribution in [0.4, 0.5) is 0 Å². The van der Waals surface area contributed by atoms with Crippen molar-refractivity contribution in [2.24, 2.45) is 17.8 Å². The van der Waals surface area contributed by atoms with Crippen LogP contribution in [0.15, 0.2) is 0 Å². The van der Waals surface area contributed by atoms with Gasteiger partial charge in [0.2, 0.25) is 5.91 Å². The maximum Gasteiger partial charge on any atom is 0.223 e. The van der Waals surface area contributed by atoms with E-state index in [1.165, 1.54) is 5.75 Å². The summed E-state index contributed by atoms with van der Waals surface area (Å²) in [5.41, 5.74) is 0. The molecule has 1 saturated carbocycles. The maximum atomic E-state index is 11.6. The van der Waals surface area contributed by atoms with Crippen LogP contribution in [-0.2, 0) is 4.79 Å². The van der Waals surface area contributed by atoms with Crippen molar-refractivity contribution in [3.05, 3.63) is 0 Å². The van der Waals surface area contributed by atoms with Gasteiger partial charge in [-0.1, -0.05) is 13.8 Å². The van der Waals surface area contributed by atoms with Crippen molar-refractivity contribution in [2.75, 3.05) is 11.5 Å². The first-order valence-corrected chi connectivity index (χ1v) is 6.22. The molecule has 0 radical (unpaired) electrons. The van der Waals surface area contributed by atoms with Gasteiger partial charge in [0.1, 0.15) is 0 Å². The van der Waals surface area contributed by atoms with Crippen LogP contribution in [0.5, 0.6) is 0 Å². The van der Waals surface area contributed by atoms with Crippen molar-refractivity contribution in [1.29, 1.82) is 0 Å². The number of carbonyl (C=O) groups excluding carboxylic acids is 1. The van der Waals surface area contributed by atoms with Gasteiger partial charge in [0, 0.05) is 17.7 Å². The predicted molar refractivity (Wildman–Crippen MR) is 55.7 cm³/mol. The van der Waals surface area contributed by atoms with Crippen LogP contribution in [0.3, 0.4) is 0 Å². The van der Waals surface area contributed by atoms with E-state index in [-0.39, 0.29) is 0 Å². The molecule has 2 fully saturated rings. The lowest BCUT2D eigenvalue weighted by atomic mass is 10.1. The quantitative estimate of drug-likeness (QED) is 0.730. The minimum absolute atomic E-state index is 0.298. The van der Waals surface area contributed by atoms with Gasteiger partial charge in [-0.15, -0.1) is 0 Å². The van der Waals surface area contributed by atoms with E-state index in [1.54, 1.807) is 0 Å². The molecule has 2 unspecified atom stereocenters. The molecule has 2 nitrogen and oxygen atoms in total. The highest BCUT2D eigenvalue weighted by molar-refractivity contribution is 7.99. The molecule has 1 N–H and O–H groups in total. The topological polar surface area (TPSA) is 29.1 Å². The van der Waals surface area contributed by atoms with Gasteiger partial charge in [0.15, 0.2) is 0 Å². The van der Waals surface area contributed by atoms with Crippen molar-refractivity contribution in [1.82, 2.24) is 5.32 Å². The smallest absolute Gasteiger partial charge is 0.223 e. The highest BCUT2D eigenvalue weighted by atomic mass is 32.2. The summed E-state index contributed by atoms with van der Waals surface area (Å²) < 4.78 is 0. The highest BCUT2D eigenvalue weighted by Crippen LogP contribution is 2.38. The fraction of sp³-hybridized carbons (Fsp3) is 0.900. The molecule has 2 aliphatic rings. The summed E-state index contributed by atoms with van der Waals surface area (Å²) in [6.45, 7) is 4.37. The van der Waals surface area contributed by atoms with Gasteiger partial charge in [0.25, 0.3) is 0 Å². The van der Waals surface area contributed by atoms with Crippen molar-refractivity contribution in [3.8, 4) is 0 Å². The van der Waals surface area contributed by atoms with Gasteiger partial charge < -0.3 is 5.32 Å². The molecule has 0 spiro atoms. The fourth-order valence-electron chi connectivity index (χ4n) is 1.82. The average Bonchev–Trinajstić information content (AvgIpc) is 2.68. The molecular formula is C10H17NOS. The van der Waals surface area contributed by atoms with Crippen LogP contribution in [-0.4, -0.2) is 23.5 Å². The Labute approximate surface area is 83.8 Å². The Morgan fingerprint density at radius 1 is 1.31 bits per heavy atom. The zero-order valence-corrected chi connectivity index (χ0v) is 9.06. The summed E-state index contributed by atoms with van der Waals surface area (Å²) in [5, 5.41) is 3.16. The van der Waals surface area contributed by atoms with E-state index in [0.29, 0.717) is 29.7 Å². The fourth-order valence-corrected chi connectivity index (χ4v) is 3.23. The molecule has 74 valence electrons. The van der Waals surface area contributed by atoms with Crippen LogP contribution < -0.4 is 5.32 Å². The molecule has 1 saturated heterocycles. The predicted octanol–water partition coefficient (Wildman–Crippen LogP) is 1.51. The van der Waals surface area contributed by atoms with Gasteiger partial charge in [-0.25, -0.2) is 0 Å². The first kappa shape index (κ1) is 9.38. The first-order chi connectivity index (χ1) is 6.18. The van der Waals surface area contributed by atoms with Crippen LogP contribution in [0.25, 0.3) is 0 Å². The van der Waals surface area contributed by atoms with Gasteiger partial charge in [-0.2, -0.15) is 11.8 Å². The van der Waals surface area contributed by atoms with E-state index < -0.39 is 0 Å². The summed E-state index contributed by atoms with van der Waals surface area (Å²) >= 11 is 1.95. The monoisotopic (exact) mass is 199 g/mol. The first-order valence-electron chi connectivity index (χ1n) is 5.06. The molecular weight excluding hydrogens is 182 g/mol. The zero-order chi connectivity index (χ0) is 9.42. The summed E-state index contributed by atoms with van der Waals surface area (Å²) in [7, 11) is 0. The van der Waals surface area contributed by atoms with Crippen LogP contribution in [0, 0.1) is 17.8 Å². The second-order valence-electron chi connectivity index (χ2n) is 4.45. The normalized spacial score (nSPS) is 43.2. The standard InChI is InChI=1S/C10H17NOS/c1-6-3-8(6)10(12)11-9-5-13-4-7(9)2/h6-9H,3-5H2,1-2H3,(H,11,12)/t6-,7?,8-,9?/m0/s1. The van der Waals surface area contributed by atoms with E-state index >= 15 is 0 Å². The molecule has 1 aliphatic heterocycles. The Morgan fingerprint density at radius 3 is 2.46 bits per heavy atom. The van der Waals surface area contributed by atoms with Crippen LogP contribution >= 0.6 is 11.8 Å². The van der Waals surface area contributed by atoms with E-state index in [1.807, 2.05) is 11.8 Å². The highest BCUT2D eigenvalue weighted by Gasteiger charge is 2.40. The average molecular weight is 199 g/mol. The number of amides is 1. The Balaban J connectivity index is 1.80. The molecule has 13 heavy (non-hydrogen) atoms. The maximum absolute atomic E-state index is 11.6. The summed E-state index contributed by atoms with van der Waals surface area (Å²) in [6, 6.07) is 0.435. The molecule has 1 amide bonds. The number of rotatable bonds is 2. The number of carbonyl (C=O) groups is 1. The molecule has 0 aromatic rings. The molecule has 2 rings (SSSR count). The second kappa shape index (κ2) is 3.52. The molecule has 4 atom stereocenters. The summed E-state index contributed by atoms with van der Waals surface area (Å²) in [5.74, 6) is 4.22. The van der Waals surface area contributed by atoms with E-state index in [4.69, 9.17) is 0 Å². The van der Waals surface area contributed by atoms with Gasteiger partial charge >= 0.3 is 0 Å². The SMILES string of the molecule is CC1CSCC1NC(=O)[C@H]1C[C@@H]1C. The minimum atomic E-state index is 0.298. The molecule has 3 heteroatoms. The molecule has 0 aromatic heterocycles. The van der Waals surface area contributed by atoms with Crippen molar-refractivity contribution in [2.45, 2.75) is 26.3 Å². The molecule has 0 bridgehead atoms. The second-order valence-corrected chi connectivity index (χ2v) is 5.52. The van der Waals surface area contributed by atoms with E-state index in [2.05, 4.69) is 19.2 Å². The zero-order valence-electron chi connectivity index (χ0n) is 8.25. The minimum Gasteiger partial charge on any atom is -0.352 e. The number of hydrogen-bond acceptors (Lipinski definition) is 2. The van der Waals surface area contributed by atoms with Crippen molar-refractivity contribution < 1.29 is 4.79 Å². The number of nitrogens with one attached hydrogen (secondary N) is 1. The molecule has 1 aliphatic carbocycles. The van der Waals surface area contributed by atoms with Gasteiger partial charge in [-0.05, 0) is 24.0 Å². The third-order valence-corrected chi connectivity index (χ3v) is 4.50. The third kappa shape index (κ3) is 2.01. The van der Waals surface area contributed by atoms with Crippen molar-refractivity contribution in [3.63, 3.8) is 0 Å².